The van der Waals surface area contributed by atoms with Gasteiger partial charge in [0.1, 0.15) is 5.75 Å². The van der Waals surface area contributed by atoms with E-state index in [2.05, 4.69) is 6.07 Å². The summed E-state index contributed by atoms with van der Waals surface area (Å²) in [5.74, 6) is 0.598. The van der Waals surface area contributed by atoms with Crippen molar-refractivity contribution in [1.29, 1.82) is 5.26 Å². The van der Waals surface area contributed by atoms with Gasteiger partial charge in [0.05, 0.1) is 11.6 Å². The molecule has 1 unspecified atom stereocenters. The van der Waals surface area contributed by atoms with E-state index in [1.54, 1.807) is 12.1 Å². The quantitative estimate of drug-likeness (QED) is 0.716. The molecule has 0 spiro atoms. The van der Waals surface area contributed by atoms with Gasteiger partial charge in [-0.1, -0.05) is 54.1 Å². The van der Waals surface area contributed by atoms with Crippen LogP contribution in [0.4, 0.5) is 0 Å². The number of benzene rings is 3. The zero-order chi connectivity index (χ0) is 16.9. The molecule has 0 bridgehead atoms. The van der Waals surface area contributed by atoms with Crippen LogP contribution in [0, 0.1) is 18.3 Å². The van der Waals surface area contributed by atoms with Crippen LogP contribution in [-0.4, -0.2) is 5.11 Å². The highest BCUT2D eigenvalue weighted by Crippen LogP contribution is 2.25. The minimum atomic E-state index is -0.994. The summed E-state index contributed by atoms with van der Waals surface area (Å²) in [5, 5.41) is 19.0. The molecule has 0 radical (unpaired) electrons. The van der Waals surface area contributed by atoms with Crippen LogP contribution in [0.25, 0.3) is 11.1 Å². The number of aryl methyl sites for hydroxylation is 1. The van der Waals surface area contributed by atoms with Crippen molar-refractivity contribution in [2.24, 2.45) is 0 Å². The highest BCUT2D eigenvalue weighted by Gasteiger charge is 2.09. The minimum Gasteiger partial charge on any atom is -0.461 e. The van der Waals surface area contributed by atoms with Gasteiger partial charge in [-0.3, -0.25) is 0 Å². The number of aliphatic hydroxyl groups is 1. The van der Waals surface area contributed by atoms with Gasteiger partial charge in [-0.2, -0.15) is 5.26 Å². The molecule has 0 fully saturated rings. The number of nitrogens with zero attached hydrogens (tertiary/aromatic N) is 1. The molecule has 0 aliphatic rings. The standard InChI is InChI=1S/C21H17NO2/c1-15-2-6-19(7-3-15)21(23)24-20-12-10-18(11-13-20)17-8-4-16(14-22)5-9-17/h2-13,21,23H,1H3. The molecule has 0 heterocycles. The summed E-state index contributed by atoms with van der Waals surface area (Å²) in [6.07, 6.45) is -0.994. The molecular weight excluding hydrogens is 298 g/mol. The van der Waals surface area contributed by atoms with Crippen LogP contribution in [0.1, 0.15) is 23.0 Å². The van der Waals surface area contributed by atoms with E-state index in [1.807, 2.05) is 67.6 Å². The van der Waals surface area contributed by atoms with Crippen molar-refractivity contribution >= 4 is 0 Å². The zero-order valence-electron chi connectivity index (χ0n) is 13.3. The Morgan fingerprint density at radius 2 is 1.38 bits per heavy atom. The molecule has 3 aromatic rings. The normalized spacial score (nSPS) is 11.5. The second kappa shape index (κ2) is 6.99. The molecule has 3 heteroatoms. The molecule has 118 valence electrons. The van der Waals surface area contributed by atoms with Crippen molar-refractivity contribution in [3.05, 3.63) is 89.5 Å². The first-order valence-electron chi connectivity index (χ1n) is 7.67. The Labute approximate surface area is 141 Å². The van der Waals surface area contributed by atoms with Crippen molar-refractivity contribution in [2.75, 3.05) is 0 Å². The first kappa shape index (κ1) is 15.8. The summed E-state index contributed by atoms with van der Waals surface area (Å²) >= 11 is 0. The van der Waals surface area contributed by atoms with Crippen molar-refractivity contribution in [1.82, 2.24) is 0 Å². The fourth-order valence-electron chi connectivity index (χ4n) is 2.39. The van der Waals surface area contributed by atoms with Gasteiger partial charge in [-0.15, -0.1) is 0 Å². The van der Waals surface area contributed by atoms with Crippen LogP contribution < -0.4 is 4.74 Å². The van der Waals surface area contributed by atoms with Crippen LogP contribution in [0.3, 0.4) is 0 Å². The minimum absolute atomic E-state index is 0.598. The Kier molecular flexibility index (Phi) is 4.60. The van der Waals surface area contributed by atoms with Gasteiger partial charge in [0.15, 0.2) is 0 Å². The van der Waals surface area contributed by atoms with Crippen LogP contribution >= 0.6 is 0 Å². The fraction of sp³-hybridized carbons (Fsp3) is 0.0952. The van der Waals surface area contributed by atoms with Crippen LogP contribution in [0.15, 0.2) is 72.8 Å². The van der Waals surface area contributed by atoms with E-state index < -0.39 is 6.29 Å². The summed E-state index contributed by atoms with van der Waals surface area (Å²) < 4.78 is 5.58. The Morgan fingerprint density at radius 3 is 1.92 bits per heavy atom. The van der Waals surface area contributed by atoms with Crippen LogP contribution in [-0.2, 0) is 0 Å². The van der Waals surface area contributed by atoms with Crippen molar-refractivity contribution in [3.63, 3.8) is 0 Å². The zero-order valence-corrected chi connectivity index (χ0v) is 13.3. The molecule has 0 saturated heterocycles. The average molecular weight is 315 g/mol. The smallest absolute Gasteiger partial charge is 0.224 e. The van der Waals surface area contributed by atoms with Crippen LogP contribution in [0.5, 0.6) is 5.75 Å². The highest BCUT2D eigenvalue weighted by molar-refractivity contribution is 5.64. The summed E-state index contributed by atoms with van der Waals surface area (Å²) in [5.41, 5.74) is 4.55. The lowest BCUT2D eigenvalue weighted by atomic mass is 10.0. The van der Waals surface area contributed by atoms with Gasteiger partial charge in [0.25, 0.3) is 0 Å². The summed E-state index contributed by atoms with van der Waals surface area (Å²) in [6.45, 7) is 2.00. The number of hydrogen-bond donors (Lipinski definition) is 1. The molecule has 0 amide bonds. The second-order valence-corrected chi connectivity index (χ2v) is 5.59. The maximum atomic E-state index is 10.2. The fourth-order valence-corrected chi connectivity index (χ4v) is 2.39. The van der Waals surface area contributed by atoms with Crippen molar-refractivity contribution < 1.29 is 9.84 Å². The van der Waals surface area contributed by atoms with E-state index in [0.717, 1.165) is 22.3 Å². The van der Waals surface area contributed by atoms with Gasteiger partial charge in [-0.25, -0.2) is 0 Å². The Balaban J connectivity index is 1.72. The highest BCUT2D eigenvalue weighted by atomic mass is 16.6. The number of aliphatic hydroxyl groups excluding tert-OH is 1. The van der Waals surface area contributed by atoms with Gasteiger partial charge in [0, 0.05) is 5.56 Å². The number of ether oxygens (including phenoxy) is 1. The van der Waals surface area contributed by atoms with E-state index in [-0.39, 0.29) is 0 Å². The molecule has 3 nitrogen and oxygen atoms in total. The summed E-state index contributed by atoms with van der Waals surface area (Å²) in [6, 6.07) is 24.6. The Bertz CT molecular complexity index is 844. The van der Waals surface area contributed by atoms with E-state index in [0.29, 0.717) is 11.3 Å². The number of hydrogen-bond acceptors (Lipinski definition) is 3. The third-order valence-electron chi connectivity index (χ3n) is 3.81. The lowest BCUT2D eigenvalue weighted by Gasteiger charge is -2.14. The second-order valence-electron chi connectivity index (χ2n) is 5.59. The number of rotatable bonds is 4. The summed E-state index contributed by atoms with van der Waals surface area (Å²) in [7, 11) is 0. The van der Waals surface area contributed by atoms with Crippen molar-refractivity contribution in [2.45, 2.75) is 13.2 Å². The van der Waals surface area contributed by atoms with E-state index in [4.69, 9.17) is 10.00 Å². The van der Waals surface area contributed by atoms with Gasteiger partial charge >= 0.3 is 0 Å². The SMILES string of the molecule is Cc1ccc(C(O)Oc2ccc(-c3ccc(C#N)cc3)cc2)cc1. The molecule has 3 aromatic carbocycles. The van der Waals surface area contributed by atoms with Gasteiger partial charge in [0.2, 0.25) is 6.29 Å². The first-order valence-corrected chi connectivity index (χ1v) is 7.67. The van der Waals surface area contributed by atoms with E-state index in [1.165, 1.54) is 0 Å². The molecule has 0 aliphatic carbocycles. The first-order chi connectivity index (χ1) is 11.7. The maximum absolute atomic E-state index is 10.2. The molecule has 0 aromatic heterocycles. The lowest BCUT2D eigenvalue weighted by Crippen LogP contribution is -2.06. The van der Waals surface area contributed by atoms with E-state index >= 15 is 0 Å². The molecule has 0 aliphatic heterocycles. The molecule has 24 heavy (non-hydrogen) atoms. The van der Waals surface area contributed by atoms with E-state index in [9.17, 15) is 5.11 Å². The molecular formula is C21H17NO2. The third-order valence-corrected chi connectivity index (χ3v) is 3.81. The van der Waals surface area contributed by atoms with Gasteiger partial charge in [-0.05, 0) is 42.3 Å². The molecule has 1 atom stereocenters. The third kappa shape index (κ3) is 3.62. The molecule has 0 saturated carbocycles. The predicted octanol–water partition coefficient (Wildman–Crippen LogP) is 4.60. The lowest BCUT2D eigenvalue weighted by molar-refractivity contribution is -0.0194. The van der Waals surface area contributed by atoms with Crippen molar-refractivity contribution in [3.8, 4) is 22.9 Å². The number of nitriles is 1. The average Bonchev–Trinajstić information content (AvgIpc) is 2.63. The largest absolute Gasteiger partial charge is 0.461 e. The monoisotopic (exact) mass is 315 g/mol. The van der Waals surface area contributed by atoms with Gasteiger partial charge < -0.3 is 9.84 Å². The summed E-state index contributed by atoms with van der Waals surface area (Å²) in [4.78, 5) is 0. The molecule has 3 rings (SSSR count). The maximum Gasteiger partial charge on any atom is 0.224 e. The Morgan fingerprint density at radius 1 is 0.833 bits per heavy atom. The Hall–Kier alpha value is -3.09. The predicted molar refractivity (Wildman–Crippen MR) is 93.4 cm³/mol. The molecule has 1 N–H and O–H groups in total. The van der Waals surface area contributed by atoms with Crippen LogP contribution in [0.2, 0.25) is 0 Å². The topological polar surface area (TPSA) is 53.2 Å².